The molecule has 6 heteroatoms. The normalized spacial score (nSPS) is 23.0. The maximum absolute atomic E-state index is 11.6. The minimum Gasteiger partial charge on any atom is -0.334 e. The molecule has 2 unspecified atom stereocenters. The van der Waals surface area contributed by atoms with Crippen LogP contribution in [0.1, 0.15) is 45.0 Å². The number of sulfone groups is 1. The van der Waals surface area contributed by atoms with E-state index in [0.29, 0.717) is 11.5 Å². The smallest absolute Gasteiger partial charge is 0.150 e. The molecule has 2 atom stereocenters. The van der Waals surface area contributed by atoms with Crippen LogP contribution in [0, 0.1) is 5.92 Å². The Labute approximate surface area is 121 Å². The Morgan fingerprint density at radius 1 is 1.50 bits per heavy atom. The SMILES string of the molecule is CCCn1ccnc1C(CC1CCS(=O)(=O)C1)NCC. The lowest BCUT2D eigenvalue weighted by Gasteiger charge is -2.21. The van der Waals surface area contributed by atoms with Gasteiger partial charge in [-0.1, -0.05) is 13.8 Å². The summed E-state index contributed by atoms with van der Waals surface area (Å²) in [5, 5.41) is 3.46. The van der Waals surface area contributed by atoms with E-state index in [-0.39, 0.29) is 12.0 Å². The molecule has 2 rings (SSSR count). The molecule has 0 radical (unpaired) electrons. The van der Waals surface area contributed by atoms with Crippen LogP contribution < -0.4 is 5.32 Å². The second-order valence-corrected chi connectivity index (χ2v) is 7.82. The van der Waals surface area contributed by atoms with Crippen LogP contribution in [0.3, 0.4) is 0 Å². The van der Waals surface area contributed by atoms with Crippen LogP contribution in [0.25, 0.3) is 0 Å². The molecule has 2 heterocycles. The zero-order valence-electron chi connectivity index (χ0n) is 12.4. The second kappa shape index (κ2) is 6.72. The lowest BCUT2D eigenvalue weighted by atomic mass is 9.98. The Bertz CT molecular complexity index is 524. The van der Waals surface area contributed by atoms with Crippen molar-refractivity contribution >= 4 is 9.84 Å². The van der Waals surface area contributed by atoms with Crippen molar-refractivity contribution in [2.45, 2.75) is 45.7 Å². The number of nitrogens with one attached hydrogen (secondary N) is 1. The summed E-state index contributed by atoms with van der Waals surface area (Å²) >= 11 is 0. The number of aryl methyl sites for hydroxylation is 1. The van der Waals surface area contributed by atoms with Crippen molar-refractivity contribution in [3.05, 3.63) is 18.2 Å². The van der Waals surface area contributed by atoms with Crippen molar-refractivity contribution in [1.29, 1.82) is 0 Å². The first-order valence-corrected chi connectivity index (χ1v) is 9.32. The topological polar surface area (TPSA) is 64.0 Å². The molecule has 1 N–H and O–H groups in total. The van der Waals surface area contributed by atoms with Crippen LogP contribution >= 0.6 is 0 Å². The Morgan fingerprint density at radius 3 is 2.90 bits per heavy atom. The third-order valence-corrected chi connectivity index (χ3v) is 5.71. The lowest BCUT2D eigenvalue weighted by molar-refractivity contribution is 0.394. The molecular weight excluding hydrogens is 274 g/mol. The molecule has 1 aliphatic rings. The molecule has 0 aliphatic carbocycles. The maximum Gasteiger partial charge on any atom is 0.150 e. The first-order valence-electron chi connectivity index (χ1n) is 7.50. The zero-order chi connectivity index (χ0) is 14.6. The molecule has 1 saturated heterocycles. The van der Waals surface area contributed by atoms with Crippen molar-refractivity contribution in [2.75, 3.05) is 18.1 Å². The van der Waals surface area contributed by atoms with Crippen molar-refractivity contribution in [1.82, 2.24) is 14.9 Å². The monoisotopic (exact) mass is 299 g/mol. The minimum absolute atomic E-state index is 0.153. The highest BCUT2D eigenvalue weighted by atomic mass is 32.2. The molecule has 114 valence electrons. The van der Waals surface area contributed by atoms with Gasteiger partial charge in [-0.05, 0) is 31.7 Å². The third-order valence-electron chi connectivity index (χ3n) is 3.87. The summed E-state index contributed by atoms with van der Waals surface area (Å²) in [6.07, 6.45) is 6.56. The number of rotatable bonds is 7. The van der Waals surface area contributed by atoms with E-state index in [4.69, 9.17) is 0 Å². The van der Waals surface area contributed by atoms with Gasteiger partial charge in [-0.2, -0.15) is 0 Å². The fourth-order valence-electron chi connectivity index (χ4n) is 2.98. The van der Waals surface area contributed by atoms with Crippen molar-refractivity contribution < 1.29 is 8.42 Å². The van der Waals surface area contributed by atoms with Gasteiger partial charge in [0.1, 0.15) is 5.82 Å². The minimum atomic E-state index is -2.80. The van der Waals surface area contributed by atoms with E-state index < -0.39 is 9.84 Å². The van der Waals surface area contributed by atoms with Crippen molar-refractivity contribution in [3.8, 4) is 0 Å². The molecule has 20 heavy (non-hydrogen) atoms. The Morgan fingerprint density at radius 2 is 2.30 bits per heavy atom. The Kier molecular flexibility index (Phi) is 5.21. The van der Waals surface area contributed by atoms with E-state index in [1.165, 1.54) is 0 Å². The van der Waals surface area contributed by atoms with E-state index in [9.17, 15) is 8.42 Å². The second-order valence-electron chi connectivity index (χ2n) is 5.59. The molecule has 0 amide bonds. The summed E-state index contributed by atoms with van der Waals surface area (Å²) in [5.74, 6) is 1.98. The molecule has 0 bridgehead atoms. The molecule has 5 nitrogen and oxygen atoms in total. The van der Waals surface area contributed by atoms with E-state index in [0.717, 1.165) is 38.2 Å². The molecule has 1 aromatic rings. The summed E-state index contributed by atoms with van der Waals surface area (Å²) in [4.78, 5) is 4.48. The van der Waals surface area contributed by atoms with Crippen molar-refractivity contribution in [3.63, 3.8) is 0 Å². The molecule has 1 aliphatic heterocycles. The number of hydrogen-bond donors (Lipinski definition) is 1. The molecule has 0 saturated carbocycles. The first kappa shape index (κ1) is 15.5. The van der Waals surface area contributed by atoms with Crippen LogP contribution in [0.4, 0.5) is 0 Å². The fourth-order valence-corrected chi connectivity index (χ4v) is 4.86. The summed E-state index contributed by atoms with van der Waals surface area (Å²) in [7, 11) is -2.80. The molecule has 0 spiro atoms. The van der Waals surface area contributed by atoms with Crippen LogP contribution in [-0.4, -0.2) is 36.0 Å². The van der Waals surface area contributed by atoms with Gasteiger partial charge in [0.05, 0.1) is 17.5 Å². The Balaban J connectivity index is 2.08. The summed E-state index contributed by atoms with van der Waals surface area (Å²) < 4.78 is 25.4. The van der Waals surface area contributed by atoms with E-state index in [1.54, 1.807) is 0 Å². The highest BCUT2D eigenvalue weighted by Crippen LogP contribution is 2.28. The number of hydrogen-bond acceptors (Lipinski definition) is 4. The van der Waals surface area contributed by atoms with Gasteiger partial charge in [-0.15, -0.1) is 0 Å². The predicted molar refractivity (Wildman–Crippen MR) is 80.3 cm³/mol. The number of imidazole rings is 1. The largest absolute Gasteiger partial charge is 0.334 e. The highest BCUT2D eigenvalue weighted by molar-refractivity contribution is 7.91. The molecular formula is C14H25N3O2S. The summed E-state index contributed by atoms with van der Waals surface area (Å²) in [6, 6.07) is 0.153. The van der Waals surface area contributed by atoms with E-state index >= 15 is 0 Å². The van der Waals surface area contributed by atoms with E-state index in [1.807, 2.05) is 12.4 Å². The number of nitrogens with zero attached hydrogens (tertiary/aromatic N) is 2. The molecule has 0 aromatic carbocycles. The maximum atomic E-state index is 11.6. The zero-order valence-corrected chi connectivity index (χ0v) is 13.2. The summed E-state index contributed by atoms with van der Waals surface area (Å²) in [6.45, 7) is 6.05. The quantitative estimate of drug-likeness (QED) is 0.833. The first-order chi connectivity index (χ1) is 9.55. The number of aromatic nitrogens is 2. The standard InChI is InChI=1S/C14H25N3O2S/c1-3-7-17-8-6-16-14(17)13(15-4-2)10-12-5-9-20(18,19)11-12/h6,8,12-13,15H,3-5,7,9-11H2,1-2H3. The van der Waals surface area contributed by atoms with Gasteiger partial charge >= 0.3 is 0 Å². The molecule has 1 fully saturated rings. The van der Waals surface area contributed by atoms with Crippen LogP contribution in [-0.2, 0) is 16.4 Å². The van der Waals surface area contributed by atoms with Gasteiger partial charge < -0.3 is 9.88 Å². The van der Waals surface area contributed by atoms with Gasteiger partial charge in [0.15, 0.2) is 9.84 Å². The highest BCUT2D eigenvalue weighted by Gasteiger charge is 2.31. The van der Waals surface area contributed by atoms with Gasteiger partial charge in [0, 0.05) is 18.9 Å². The van der Waals surface area contributed by atoms with Crippen LogP contribution in [0.15, 0.2) is 12.4 Å². The average molecular weight is 299 g/mol. The summed E-state index contributed by atoms with van der Waals surface area (Å²) in [5.41, 5.74) is 0. The van der Waals surface area contributed by atoms with Gasteiger partial charge in [-0.25, -0.2) is 13.4 Å². The fraction of sp³-hybridized carbons (Fsp3) is 0.786. The Hall–Kier alpha value is -0.880. The third kappa shape index (κ3) is 3.82. The molecule has 1 aromatic heterocycles. The van der Waals surface area contributed by atoms with Crippen LogP contribution in [0.5, 0.6) is 0 Å². The average Bonchev–Trinajstić information content (AvgIpc) is 2.96. The van der Waals surface area contributed by atoms with Gasteiger partial charge in [0.25, 0.3) is 0 Å². The van der Waals surface area contributed by atoms with Gasteiger partial charge in [-0.3, -0.25) is 0 Å². The van der Waals surface area contributed by atoms with Gasteiger partial charge in [0.2, 0.25) is 0 Å². The van der Waals surface area contributed by atoms with E-state index in [2.05, 4.69) is 28.7 Å². The van der Waals surface area contributed by atoms with Crippen LogP contribution in [0.2, 0.25) is 0 Å². The lowest BCUT2D eigenvalue weighted by Crippen LogP contribution is -2.27. The van der Waals surface area contributed by atoms with Crippen molar-refractivity contribution in [2.24, 2.45) is 5.92 Å². The predicted octanol–water partition coefficient (Wildman–Crippen LogP) is 1.77.